The summed E-state index contributed by atoms with van der Waals surface area (Å²) >= 11 is 0. The van der Waals surface area contributed by atoms with Gasteiger partial charge >= 0.3 is 0 Å². The van der Waals surface area contributed by atoms with Crippen molar-refractivity contribution < 1.29 is 4.74 Å². The third kappa shape index (κ3) is 2.39. The lowest BCUT2D eigenvalue weighted by atomic mass is 10.2. The number of hydrogen-bond acceptors (Lipinski definition) is 2. The van der Waals surface area contributed by atoms with E-state index in [0.29, 0.717) is 6.61 Å². The number of dihydropyridines is 1. The van der Waals surface area contributed by atoms with Gasteiger partial charge in [0.1, 0.15) is 12.4 Å². The van der Waals surface area contributed by atoms with Gasteiger partial charge in [0, 0.05) is 12.7 Å². The summed E-state index contributed by atoms with van der Waals surface area (Å²) in [5, 5.41) is 3.08. The second-order valence-corrected chi connectivity index (χ2v) is 3.12. The van der Waals surface area contributed by atoms with Crippen LogP contribution in [-0.2, 0) is 11.3 Å². The Hall–Kier alpha value is -1.70. The van der Waals surface area contributed by atoms with E-state index in [2.05, 4.69) is 17.4 Å². The van der Waals surface area contributed by atoms with Crippen LogP contribution < -0.4 is 5.32 Å². The molecule has 2 rings (SSSR count). The molecule has 1 aromatic rings. The van der Waals surface area contributed by atoms with E-state index >= 15 is 0 Å². The first-order valence-electron chi connectivity index (χ1n) is 4.72. The van der Waals surface area contributed by atoms with Gasteiger partial charge in [-0.3, -0.25) is 0 Å². The van der Waals surface area contributed by atoms with E-state index in [9.17, 15) is 0 Å². The maximum absolute atomic E-state index is 5.60. The van der Waals surface area contributed by atoms with Gasteiger partial charge in [0.15, 0.2) is 0 Å². The summed E-state index contributed by atoms with van der Waals surface area (Å²) in [6, 6.07) is 10.2. The second kappa shape index (κ2) is 4.51. The van der Waals surface area contributed by atoms with Crippen molar-refractivity contribution in [2.45, 2.75) is 6.61 Å². The normalized spacial score (nSPS) is 14.4. The average Bonchev–Trinajstić information content (AvgIpc) is 2.29. The Morgan fingerprint density at radius 3 is 2.79 bits per heavy atom. The van der Waals surface area contributed by atoms with Gasteiger partial charge < -0.3 is 10.1 Å². The SMILES string of the molecule is C1=CC(OCc2ccccc2)=CCN1. The predicted octanol–water partition coefficient (Wildman–Crippen LogP) is 2.20. The molecule has 1 heterocycles. The summed E-state index contributed by atoms with van der Waals surface area (Å²) in [6.45, 7) is 1.48. The molecule has 2 heteroatoms. The molecule has 0 aliphatic carbocycles. The maximum Gasteiger partial charge on any atom is 0.119 e. The quantitative estimate of drug-likeness (QED) is 0.783. The van der Waals surface area contributed by atoms with Crippen LogP contribution in [0, 0.1) is 0 Å². The Kier molecular flexibility index (Phi) is 2.86. The zero-order valence-corrected chi connectivity index (χ0v) is 7.94. The summed E-state index contributed by atoms with van der Waals surface area (Å²) in [5.74, 6) is 0.938. The molecule has 1 aliphatic heterocycles. The van der Waals surface area contributed by atoms with Gasteiger partial charge in [-0.2, -0.15) is 0 Å². The molecule has 0 amide bonds. The molecule has 1 aromatic carbocycles. The lowest BCUT2D eigenvalue weighted by molar-refractivity contribution is 0.209. The summed E-state index contributed by atoms with van der Waals surface area (Å²) in [4.78, 5) is 0. The van der Waals surface area contributed by atoms with E-state index < -0.39 is 0 Å². The number of ether oxygens (including phenoxy) is 1. The van der Waals surface area contributed by atoms with E-state index in [1.165, 1.54) is 5.56 Å². The molecule has 0 fully saturated rings. The minimum atomic E-state index is 0.636. The molecule has 2 nitrogen and oxygen atoms in total. The average molecular weight is 187 g/mol. The summed E-state index contributed by atoms with van der Waals surface area (Å²) < 4.78 is 5.60. The Balaban J connectivity index is 1.88. The van der Waals surface area contributed by atoms with Crippen molar-refractivity contribution in [2.24, 2.45) is 0 Å². The highest BCUT2D eigenvalue weighted by molar-refractivity contribution is 5.18. The van der Waals surface area contributed by atoms with Crippen molar-refractivity contribution in [2.75, 3.05) is 6.54 Å². The molecule has 0 atom stereocenters. The standard InChI is InChI=1S/C12H13NO/c1-2-4-11(5-3-1)10-14-12-6-8-13-9-7-12/h1-8,13H,9-10H2. The molecule has 0 radical (unpaired) electrons. The zero-order chi connectivity index (χ0) is 9.64. The van der Waals surface area contributed by atoms with Crippen LogP contribution in [0.25, 0.3) is 0 Å². The highest BCUT2D eigenvalue weighted by Gasteiger charge is 1.97. The van der Waals surface area contributed by atoms with Crippen molar-refractivity contribution in [3.8, 4) is 0 Å². The highest BCUT2D eigenvalue weighted by Crippen LogP contribution is 2.07. The van der Waals surface area contributed by atoms with Crippen LogP contribution in [0.4, 0.5) is 0 Å². The van der Waals surface area contributed by atoms with Crippen LogP contribution in [0.5, 0.6) is 0 Å². The molecule has 14 heavy (non-hydrogen) atoms. The molecule has 1 N–H and O–H groups in total. The van der Waals surface area contributed by atoms with Crippen molar-refractivity contribution >= 4 is 0 Å². The summed E-state index contributed by atoms with van der Waals surface area (Å²) in [6.07, 6.45) is 5.87. The first kappa shape index (κ1) is 8.88. The van der Waals surface area contributed by atoms with Crippen molar-refractivity contribution in [1.29, 1.82) is 0 Å². The molecule has 72 valence electrons. The van der Waals surface area contributed by atoms with Gasteiger partial charge in [-0.25, -0.2) is 0 Å². The third-order valence-corrected chi connectivity index (χ3v) is 2.03. The van der Waals surface area contributed by atoms with Crippen LogP contribution in [-0.4, -0.2) is 6.54 Å². The fraction of sp³-hybridized carbons (Fsp3) is 0.167. The van der Waals surface area contributed by atoms with E-state index in [-0.39, 0.29) is 0 Å². The van der Waals surface area contributed by atoms with Crippen LogP contribution in [0.2, 0.25) is 0 Å². The van der Waals surface area contributed by atoms with E-state index in [0.717, 1.165) is 12.3 Å². The topological polar surface area (TPSA) is 21.3 Å². The molecular formula is C12H13NO. The Morgan fingerprint density at radius 1 is 1.21 bits per heavy atom. The molecule has 0 bridgehead atoms. The first-order chi connectivity index (χ1) is 6.95. The number of hydrogen-bond donors (Lipinski definition) is 1. The van der Waals surface area contributed by atoms with E-state index in [4.69, 9.17) is 4.74 Å². The molecule has 0 saturated heterocycles. The molecule has 0 spiro atoms. The Bertz CT molecular complexity index is 341. The third-order valence-electron chi connectivity index (χ3n) is 2.03. The van der Waals surface area contributed by atoms with Crippen LogP contribution >= 0.6 is 0 Å². The first-order valence-corrected chi connectivity index (χ1v) is 4.72. The number of rotatable bonds is 3. The molecule has 0 aromatic heterocycles. The van der Waals surface area contributed by atoms with Crippen molar-refractivity contribution in [3.05, 3.63) is 60.0 Å². The van der Waals surface area contributed by atoms with Crippen molar-refractivity contribution in [1.82, 2.24) is 5.32 Å². The largest absolute Gasteiger partial charge is 0.489 e. The van der Waals surface area contributed by atoms with Gasteiger partial charge in [-0.15, -0.1) is 0 Å². The van der Waals surface area contributed by atoms with E-state index in [1.807, 2.05) is 36.6 Å². The van der Waals surface area contributed by atoms with Gasteiger partial charge in [0.2, 0.25) is 0 Å². The lowest BCUT2D eigenvalue weighted by Crippen LogP contribution is -2.09. The summed E-state index contributed by atoms with van der Waals surface area (Å²) in [5.41, 5.74) is 1.19. The smallest absolute Gasteiger partial charge is 0.119 e. The summed E-state index contributed by atoms with van der Waals surface area (Å²) in [7, 11) is 0. The minimum Gasteiger partial charge on any atom is -0.489 e. The van der Waals surface area contributed by atoms with E-state index in [1.54, 1.807) is 0 Å². The van der Waals surface area contributed by atoms with Gasteiger partial charge in [0.25, 0.3) is 0 Å². The van der Waals surface area contributed by atoms with Gasteiger partial charge in [-0.1, -0.05) is 30.3 Å². The number of nitrogens with one attached hydrogen (secondary N) is 1. The second-order valence-electron chi connectivity index (χ2n) is 3.12. The fourth-order valence-electron chi connectivity index (χ4n) is 1.28. The number of allylic oxidation sites excluding steroid dienone is 1. The number of benzene rings is 1. The molecule has 0 saturated carbocycles. The van der Waals surface area contributed by atoms with Crippen molar-refractivity contribution in [3.63, 3.8) is 0 Å². The molecule has 0 unspecified atom stereocenters. The molecule has 1 aliphatic rings. The minimum absolute atomic E-state index is 0.636. The van der Waals surface area contributed by atoms with Crippen LogP contribution in [0.1, 0.15) is 5.56 Å². The monoisotopic (exact) mass is 187 g/mol. The maximum atomic E-state index is 5.60. The highest BCUT2D eigenvalue weighted by atomic mass is 16.5. The molecular weight excluding hydrogens is 174 g/mol. The fourth-order valence-corrected chi connectivity index (χ4v) is 1.28. The van der Waals surface area contributed by atoms with Gasteiger partial charge in [-0.05, 0) is 17.7 Å². The Labute approximate surface area is 83.9 Å². The predicted molar refractivity (Wildman–Crippen MR) is 56.5 cm³/mol. The van der Waals surface area contributed by atoms with Gasteiger partial charge in [0.05, 0.1) is 0 Å². The van der Waals surface area contributed by atoms with Crippen LogP contribution in [0.15, 0.2) is 54.4 Å². The van der Waals surface area contributed by atoms with Crippen LogP contribution in [0.3, 0.4) is 0 Å². The lowest BCUT2D eigenvalue weighted by Gasteiger charge is -2.10. The Morgan fingerprint density at radius 2 is 2.07 bits per heavy atom. The zero-order valence-electron chi connectivity index (χ0n) is 7.94.